The number of nitrogens with one attached hydrogen (secondary N) is 1. The van der Waals surface area contributed by atoms with Gasteiger partial charge in [-0.3, -0.25) is 4.79 Å². The van der Waals surface area contributed by atoms with Crippen molar-refractivity contribution in [2.24, 2.45) is 11.8 Å². The topological polar surface area (TPSA) is 58.4 Å². The highest BCUT2D eigenvalue weighted by Gasteiger charge is 2.30. The summed E-state index contributed by atoms with van der Waals surface area (Å²) < 4.78 is 0. The van der Waals surface area contributed by atoms with E-state index in [2.05, 4.69) is 10.2 Å². The molecule has 4 heteroatoms. The lowest BCUT2D eigenvalue weighted by Gasteiger charge is -2.27. The van der Waals surface area contributed by atoms with Crippen LogP contribution >= 0.6 is 0 Å². The van der Waals surface area contributed by atoms with Crippen molar-refractivity contribution < 1.29 is 4.79 Å². The highest BCUT2D eigenvalue weighted by molar-refractivity contribution is 6.00. The van der Waals surface area contributed by atoms with Crippen LogP contribution in [0.25, 0.3) is 0 Å². The lowest BCUT2D eigenvalue weighted by Crippen LogP contribution is -2.31. The fourth-order valence-electron chi connectivity index (χ4n) is 2.63. The number of nitrogens with two attached hydrogens (primary N) is 1. The van der Waals surface area contributed by atoms with E-state index in [9.17, 15) is 4.79 Å². The molecule has 0 aromatic heterocycles. The second kappa shape index (κ2) is 5.35. The number of rotatable bonds is 6. The number of anilines is 2. The number of hydrogen-bond acceptors (Lipinski definition) is 3. The van der Waals surface area contributed by atoms with E-state index in [-0.39, 0.29) is 5.91 Å². The number of amides is 1. The Morgan fingerprint density at radius 1 is 1.25 bits per heavy atom. The van der Waals surface area contributed by atoms with Gasteiger partial charge < -0.3 is 16.0 Å². The number of carbonyl (C=O) groups excluding carboxylic acids is 1. The summed E-state index contributed by atoms with van der Waals surface area (Å²) in [6.45, 7) is 2.12. The first kappa shape index (κ1) is 13.3. The second-order valence-corrected chi connectivity index (χ2v) is 6.15. The monoisotopic (exact) mass is 273 g/mol. The third-order valence-electron chi connectivity index (χ3n) is 4.19. The summed E-state index contributed by atoms with van der Waals surface area (Å²) in [6.07, 6.45) is 5.27. The molecule has 0 heterocycles. The van der Waals surface area contributed by atoms with Crippen molar-refractivity contribution in [1.29, 1.82) is 0 Å². The Morgan fingerprint density at radius 3 is 2.35 bits per heavy atom. The van der Waals surface area contributed by atoms with Gasteiger partial charge in [-0.1, -0.05) is 0 Å². The number of nitrogen functional groups attached to an aromatic ring is 1. The van der Waals surface area contributed by atoms with Crippen molar-refractivity contribution in [3.8, 4) is 0 Å². The van der Waals surface area contributed by atoms with E-state index in [0.29, 0.717) is 0 Å². The van der Waals surface area contributed by atoms with Crippen LogP contribution in [-0.4, -0.2) is 26.0 Å². The van der Waals surface area contributed by atoms with E-state index < -0.39 is 0 Å². The zero-order valence-electron chi connectivity index (χ0n) is 12.1. The first-order valence-corrected chi connectivity index (χ1v) is 7.54. The Balaban J connectivity index is 1.89. The molecule has 0 atom stereocenters. The zero-order valence-corrected chi connectivity index (χ0v) is 12.1. The van der Waals surface area contributed by atoms with Gasteiger partial charge in [-0.2, -0.15) is 0 Å². The number of carbonyl (C=O) groups is 1. The third-order valence-corrected chi connectivity index (χ3v) is 4.19. The highest BCUT2D eigenvalue weighted by atomic mass is 16.1. The van der Waals surface area contributed by atoms with Gasteiger partial charge in [-0.05, 0) is 55.7 Å². The van der Waals surface area contributed by atoms with Gasteiger partial charge in [0, 0.05) is 25.8 Å². The van der Waals surface area contributed by atoms with E-state index in [1.54, 1.807) is 13.1 Å². The molecule has 2 aliphatic carbocycles. The Morgan fingerprint density at radius 2 is 1.85 bits per heavy atom. The molecule has 108 valence electrons. The van der Waals surface area contributed by atoms with Crippen molar-refractivity contribution >= 4 is 17.3 Å². The van der Waals surface area contributed by atoms with Gasteiger partial charge >= 0.3 is 0 Å². The maximum Gasteiger partial charge on any atom is 0.253 e. The predicted molar refractivity (Wildman–Crippen MR) is 81.9 cm³/mol. The number of benzene rings is 1. The summed E-state index contributed by atoms with van der Waals surface area (Å²) in [5.41, 5.74) is 8.41. The average molecular weight is 273 g/mol. The van der Waals surface area contributed by atoms with Gasteiger partial charge in [-0.15, -0.1) is 0 Å². The minimum absolute atomic E-state index is 0.0309. The van der Waals surface area contributed by atoms with Crippen LogP contribution in [0.1, 0.15) is 36.0 Å². The molecule has 2 aliphatic rings. The highest BCUT2D eigenvalue weighted by Crippen LogP contribution is 2.37. The van der Waals surface area contributed by atoms with E-state index in [0.717, 1.165) is 41.9 Å². The Bertz CT molecular complexity index is 492. The molecule has 0 radical (unpaired) electrons. The summed E-state index contributed by atoms with van der Waals surface area (Å²) in [7, 11) is 1.68. The molecule has 20 heavy (non-hydrogen) atoms. The fraction of sp³-hybridized carbons (Fsp3) is 0.562. The van der Waals surface area contributed by atoms with Crippen LogP contribution in [-0.2, 0) is 0 Å². The first-order chi connectivity index (χ1) is 9.67. The van der Waals surface area contributed by atoms with Crippen LogP contribution in [0.4, 0.5) is 11.4 Å². The van der Waals surface area contributed by atoms with Crippen molar-refractivity contribution in [2.75, 3.05) is 30.8 Å². The third kappa shape index (κ3) is 3.06. The lowest BCUT2D eigenvalue weighted by atomic mass is 10.1. The lowest BCUT2D eigenvalue weighted by molar-refractivity contribution is 0.0963. The average Bonchev–Trinajstić information content (AvgIpc) is 3.32. The van der Waals surface area contributed by atoms with E-state index in [4.69, 9.17) is 5.73 Å². The maximum atomic E-state index is 12.1. The van der Waals surface area contributed by atoms with Crippen molar-refractivity contribution in [3.63, 3.8) is 0 Å². The van der Waals surface area contributed by atoms with Gasteiger partial charge in [0.25, 0.3) is 5.91 Å². The molecule has 0 spiro atoms. The van der Waals surface area contributed by atoms with Crippen molar-refractivity contribution in [3.05, 3.63) is 23.8 Å². The maximum absolute atomic E-state index is 12.1. The van der Waals surface area contributed by atoms with Crippen LogP contribution in [0, 0.1) is 11.8 Å². The molecular formula is C16H23N3O. The van der Waals surface area contributed by atoms with Crippen LogP contribution in [0.15, 0.2) is 18.2 Å². The van der Waals surface area contributed by atoms with Gasteiger partial charge in [0.1, 0.15) is 0 Å². The van der Waals surface area contributed by atoms with E-state index in [1.807, 2.05) is 12.1 Å². The molecule has 0 aliphatic heterocycles. The molecule has 0 bridgehead atoms. The summed E-state index contributed by atoms with van der Waals surface area (Å²) >= 11 is 0. The quantitative estimate of drug-likeness (QED) is 0.782. The van der Waals surface area contributed by atoms with Gasteiger partial charge in [-0.25, -0.2) is 0 Å². The Labute approximate surface area is 120 Å². The minimum atomic E-state index is -0.0309. The molecule has 2 saturated carbocycles. The number of hydrogen-bond donors (Lipinski definition) is 2. The molecule has 0 saturated heterocycles. The first-order valence-electron chi connectivity index (χ1n) is 7.54. The number of nitrogens with zero attached hydrogens (tertiary/aromatic N) is 1. The van der Waals surface area contributed by atoms with Crippen LogP contribution in [0.5, 0.6) is 0 Å². The summed E-state index contributed by atoms with van der Waals surface area (Å²) in [5, 5.41) is 2.73. The molecule has 2 fully saturated rings. The van der Waals surface area contributed by atoms with Crippen molar-refractivity contribution in [1.82, 2.24) is 5.32 Å². The Hall–Kier alpha value is -1.71. The fourth-order valence-corrected chi connectivity index (χ4v) is 2.63. The van der Waals surface area contributed by atoms with Crippen LogP contribution < -0.4 is 16.0 Å². The molecule has 4 nitrogen and oxygen atoms in total. The van der Waals surface area contributed by atoms with Gasteiger partial charge in [0.2, 0.25) is 0 Å². The summed E-state index contributed by atoms with van der Waals surface area (Å²) in [6, 6.07) is 5.60. The SMILES string of the molecule is CNC(=O)c1ccc(N)cc1N(CC1CC1)CC1CC1. The van der Waals surface area contributed by atoms with Gasteiger partial charge in [0.15, 0.2) is 0 Å². The molecule has 1 amide bonds. The Kier molecular flexibility index (Phi) is 3.55. The van der Waals surface area contributed by atoms with Crippen molar-refractivity contribution in [2.45, 2.75) is 25.7 Å². The molecule has 1 aromatic rings. The smallest absolute Gasteiger partial charge is 0.253 e. The van der Waals surface area contributed by atoms with E-state index in [1.165, 1.54) is 25.7 Å². The normalized spacial score (nSPS) is 17.9. The van der Waals surface area contributed by atoms with Crippen LogP contribution in [0.3, 0.4) is 0 Å². The molecule has 3 N–H and O–H groups in total. The standard InChI is InChI=1S/C16H23N3O/c1-18-16(20)14-7-6-13(17)8-15(14)19(9-11-2-3-11)10-12-4-5-12/h6-8,11-12H,2-5,9-10,17H2,1H3,(H,18,20). The van der Waals surface area contributed by atoms with Crippen LogP contribution in [0.2, 0.25) is 0 Å². The predicted octanol–water partition coefficient (Wildman–Crippen LogP) is 2.25. The minimum Gasteiger partial charge on any atom is -0.399 e. The van der Waals surface area contributed by atoms with Gasteiger partial charge in [0.05, 0.1) is 11.3 Å². The second-order valence-electron chi connectivity index (χ2n) is 6.15. The largest absolute Gasteiger partial charge is 0.399 e. The van der Waals surface area contributed by atoms with E-state index >= 15 is 0 Å². The molecule has 1 aromatic carbocycles. The summed E-state index contributed by atoms with van der Waals surface area (Å²) in [5.74, 6) is 1.57. The molecule has 0 unspecified atom stereocenters. The molecule has 3 rings (SSSR count). The zero-order chi connectivity index (χ0) is 14.1. The molecular weight excluding hydrogens is 250 g/mol. The summed E-state index contributed by atoms with van der Waals surface area (Å²) in [4.78, 5) is 14.5.